The van der Waals surface area contributed by atoms with Gasteiger partial charge >= 0.3 is 5.69 Å². The number of carbonyl (C=O) groups excluding carboxylic acids is 1. The van der Waals surface area contributed by atoms with Crippen molar-refractivity contribution in [1.82, 2.24) is 14.9 Å². The molecule has 1 heterocycles. The van der Waals surface area contributed by atoms with Crippen LogP contribution in [-0.4, -0.2) is 40.9 Å². The minimum Gasteiger partial charge on any atom is -0.372 e. The summed E-state index contributed by atoms with van der Waals surface area (Å²) in [6.45, 7) is 8.34. The van der Waals surface area contributed by atoms with Gasteiger partial charge in [0.05, 0.1) is 0 Å². The second-order valence-corrected chi connectivity index (χ2v) is 6.60. The van der Waals surface area contributed by atoms with E-state index in [-0.39, 0.29) is 12.3 Å². The predicted octanol–water partition coefficient (Wildman–Crippen LogP) is 1.81. The molecule has 0 bridgehead atoms. The highest BCUT2D eigenvalue weighted by Crippen LogP contribution is 2.16. The van der Waals surface area contributed by atoms with E-state index < -0.39 is 11.2 Å². The van der Waals surface area contributed by atoms with E-state index >= 15 is 0 Å². The van der Waals surface area contributed by atoms with Crippen LogP contribution in [0.1, 0.15) is 37.1 Å². The van der Waals surface area contributed by atoms with E-state index in [9.17, 15) is 14.4 Å². The third kappa shape index (κ3) is 5.32. The average molecular weight is 372 g/mol. The number of hydrogen-bond donors (Lipinski definition) is 2. The minimum absolute atomic E-state index is 0.0483. The Hall–Kier alpha value is -2.83. The summed E-state index contributed by atoms with van der Waals surface area (Å²) >= 11 is 0. The van der Waals surface area contributed by atoms with E-state index in [1.807, 2.05) is 12.1 Å². The molecular formula is C20H28N4O3. The van der Waals surface area contributed by atoms with Gasteiger partial charge < -0.3 is 14.8 Å². The summed E-state index contributed by atoms with van der Waals surface area (Å²) in [5, 5.41) is 0. The number of hydrogen-bond acceptors (Lipinski definition) is 4. The first-order valence-corrected chi connectivity index (χ1v) is 9.25. The van der Waals surface area contributed by atoms with Crippen LogP contribution in [-0.2, 0) is 17.8 Å². The standard InChI is InChI=1S/C20H28N4O3/c1-5-24(6-2)16-9-7-15(8-10-16)13-23(4)18(25)12-11-17-14(3)21-20(27)22-19(17)26/h7-10H,5-6,11-13H2,1-4H3,(H2,21,22,26,27). The van der Waals surface area contributed by atoms with E-state index in [2.05, 4.69) is 40.8 Å². The molecule has 27 heavy (non-hydrogen) atoms. The van der Waals surface area contributed by atoms with Gasteiger partial charge in [-0.25, -0.2) is 4.79 Å². The third-order valence-corrected chi connectivity index (χ3v) is 4.75. The van der Waals surface area contributed by atoms with Crippen LogP contribution in [0.3, 0.4) is 0 Å². The molecule has 2 rings (SSSR count). The van der Waals surface area contributed by atoms with Crippen molar-refractivity contribution in [2.24, 2.45) is 0 Å². The Balaban J connectivity index is 1.96. The van der Waals surface area contributed by atoms with Crippen LogP contribution in [0, 0.1) is 6.92 Å². The Morgan fingerprint density at radius 3 is 2.22 bits per heavy atom. The van der Waals surface area contributed by atoms with Crippen LogP contribution in [0.25, 0.3) is 0 Å². The van der Waals surface area contributed by atoms with Gasteiger partial charge in [0.15, 0.2) is 0 Å². The molecular weight excluding hydrogens is 344 g/mol. The molecule has 0 aliphatic carbocycles. The number of nitrogens with zero attached hydrogens (tertiary/aromatic N) is 2. The zero-order valence-corrected chi connectivity index (χ0v) is 16.5. The van der Waals surface area contributed by atoms with E-state index in [4.69, 9.17) is 0 Å². The molecule has 2 aromatic rings. The van der Waals surface area contributed by atoms with Gasteiger partial charge in [-0.15, -0.1) is 0 Å². The zero-order valence-electron chi connectivity index (χ0n) is 16.5. The topological polar surface area (TPSA) is 89.3 Å². The summed E-state index contributed by atoms with van der Waals surface area (Å²) in [5.74, 6) is -0.0483. The number of benzene rings is 1. The van der Waals surface area contributed by atoms with Gasteiger partial charge in [-0.05, 0) is 44.9 Å². The molecule has 0 aliphatic heterocycles. The lowest BCUT2D eigenvalue weighted by atomic mass is 10.1. The van der Waals surface area contributed by atoms with Crippen LogP contribution < -0.4 is 16.1 Å². The van der Waals surface area contributed by atoms with Crippen LogP contribution >= 0.6 is 0 Å². The highest BCUT2D eigenvalue weighted by atomic mass is 16.2. The number of rotatable bonds is 8. The number of carbonyl (C=O) groups is 1. The molecule has 0 saturated carbocycles. The average Bonchev–Trinajstić information content (AvgIpc) is 2.63. The molecule has 0 aliphatic rings. The van der Waals surface area contributed by atoms with Crippen molar-refractivity contribution in [2.45, 2.75) is 40.2 Å². The molecule has 2 N–H and O–H groups in total. The molecule has 0 saturated heterocycles. The number of anilines is 1. The Morgan fingerprint density at radius 2 is 1.67 bits per heavy atom. The Kier molecular flexibility index (Phi) is 6.98. The molecule has 0 fully saturated rings. The molecule has 0 unspecified atom stereocenters. The fourth-order valence-electron chi connectivity index (χ4n) is 3.11. The normalized spacial score (nSPS) is 10.7. The van der Waals surface area contributed by atoms with Gasteiger partial charge in [0.25, 0.3) is 5.56 Å². The summed E-state index contributed by atoms with van der Waals surface area (Å²) in [6, 6.07) is 8.22. The number of H-pyrrole nitrogens is 2. The number of aromatic amines is 2. The van der Waals surface area contributed by atoms with E-state index in [0.717, 1.165) is 18.7 Å². The van der Waals surface area contributed by atoms with Crippen molar-refractivity contribution < 1.29 is 4.79 Å². The van der Waals surface area contributed by atoms with Crippen LogP contribution in [0.15, 0.2) is 33.9 Å². The monoisotopic (exact) mass is 372 g/mol. The third-order valence-electron chi connectivity index (χ3n) is 4.75. The predicted molar refractivity (Wildman–Crippen MR) is 107 cm³/mol. The van der Waals surface area contributed by atoms with E-state index in [1.165, 1.54) is 5.69 Å². The van der Waals surface area contributed by atoms with Crippen molar-refractivity contribution in [1.29, 1.82) is 0 Å². The Labute approximate surface area is 159 Å². The summed E-state index contributed by atoms with van der Waals surface area (Å²) in [6.07, 6.45) is 0.506. The summed E-state index contributed by atoms with van der Waals surface area (Å²) in [4.78, 5) is 44.2. The molecule has 146 valence electrons. The number of amides is 1. The Bertz CT molecular complexity index is 879. The quantitative estimate of drug-likeness (QED) is 0.740. The first-order valence-electron chi connectivity index (χ1n) is 9.25. The molecule has 1 aromatic heterocycles. The minimum atomic E-state index is -0.530. The molecule has 1 amide bonds. The molecule has 0 spiro atoms. The van der Waals surface area contributed by atoms with Gasteiger partial charge in [0.1, 0.15) is 0 Å². The van der Waals surface area contributed by atoms with Crippen molar-refractivity contribution in [3.63, 3.8) is 0 Å². The lowest BCUT2D eigenvalue weighted by Crippen LogP contribution is -2.30. The van der Waals surface area contributed by atoms with E-state index in [0.29, 0.717) is 24.2 Å². The summed E-state index contributed by atoms with van der Waals surface area (Å²) in [5.41, 5.74) is 2.22. The maximum absolute atomic E-state index is 12.4. The van der Waals surface area contributed by atoms with Crippen LogP contribution in [0.5, 0.6) is 0 Å². The molecule has 0 atom stereocenters. The first-order chi connectivity index (χ1) is 12.8. The fraction of sp³-hybridized carbons (Fsp3) is 0.450. The van der Waals surface area contributed by atoms with Crippen LogP contribution in [0.4, 0.5) is 5.69 Å². The highest BCUT2D eigenvalue weighted by Gasteiger charge is 2.13. The van der Waals surface area contributed by atoms with Gasteiger partial charge in [-0.1, -0.05) is 12.1 Å². The zero-order chi connectivity index (χ0) is 20.0. The van der Waals surface area contributed by atoms with Crippen molar-refractivity contribution in [3.8, 4) is 0 Å². The van der Waals surface area contributed by atoms with Crippen molar-refractivity contribution >= 4 is 11.6 Å². The number of aryl methyl sites for hydroxylation is 1. The number of aromatic nitrogens is 2. The molecule has 7 nitrogen and oxygen atoms in total. The van der Waals surface area contributed by atoms with E-state index in [1.54, 1.807) is 18.9 Å². The maximum atomic E-state index is 12.4. The second kappa shape index (κ2) is 9.21. The first kappa shape index (κ1) is 20.5. The van der Waals surface area contributed by atoms with Gasteiger partial charge in [0.2, 0.25) is 5.91 Å². The largest absolute Gasteiger partial charge is 0.372 e. The van der Waals surface area contributed by atoms with Crippen molar-refractivity contribution in [2.75, 3.05) is 25.0 Å². The highest BCUT2D eigenvalue weighted by molar-refractivity contribution is 5.76. The maximum Gasteiger partial charge on any atom is 0.325 e. The number of nitrogens with one attached hydrogen (secondary N) is 2. The van der Waals surface area contributed by atoms with Gasteiger partial charge in [-0.3, -0.25) is 14.6 Å². The SMILES string of the molecule is CCN(CC)c1ccc(CN(C)C(=O)CCc2c(C)[nH]c(=O)[nH]c2=O)cc1. The smallest absolute Gasteiger partial charge is 0.325 e. The molecule has 0 radical (unpaired) electrons. The van der Waals surface area contributed by atoms with Crippen molar-refractivity contribution in [3.05, 3.63) is 61.9 Å². The fourth-order valence-corrected chi connectivity index (χ4v) is 3.11. The summed E-state index contributed by atoms with van der Waals surface area (Å²) < 4.78 is 0. The lowest BCUT2D eigenvalue weighted by molar-refractivity contribution is -0.130. The Morgan fingerprint density at radius 1 is 1.04 bits per heavy atom. The summed E-state index contributed by atoms with van der Waals surface area (Å²) in [7, 11) is 1.75. The second-order valence-electron chi connectivity index (χ2n) is 6.60. The molecule has 1 aromatic carbocycles. The van der Waals surface area contributed by atoms with Gasteiger partial charge in [0, 0.05) is 50.0 Å². The van der Waals surface area contributed by atoms with Crippen LogP contribution in [0.2, 0.25) is 0 Å². The lowest BCUT2D eigenvalue weighted by Gasteiger charge is -2.22. The van der Waals surface area contributed by atoms with Gasteiger partial charge in [-0.2, -0.15) is 0 Å². The molecule has 7 heteroatoms.